The maximum absolute atomic E-state index is 12.8. The summed E-state index contributed by atoms with van der Waals surface area (Å²) in [5.41, 5.74) is 4.54. The van der Waals surface area contributed by atoms with Gasteiger partial charge in [-0.3, -0.25) is 15.0 Å². The van der Waals surface area contributed by atoms with Crippen LogP contribution in [0.2, 0.25) is 10.0 Å². The molecule has 1 heterocycles. The highest BCUT2D eigenvalue weighted by atomic mass is 35.5. The third-order valence-corrected chi connectivity index (χ3v) is 5.90. The molecule has 3 aromatic carbocycles. The molecule has 9 heteroatoms. The monoisotopic (exact) mass is 512 g/mol. The van der Waals surface area contributed by atoms with E-state index in [9.17, 15) is 9.59 Å². The number of benzene rings is 3. The van der Waals surface area contributed by atoms with E-state index in [1.165, 1.54) is 18.2 Å². The smallest absolute Gasteiger partial charge is 0.282 e. The molecule has 0 spiro atoms. The second-order valence-electron chi connectivity index (χ2n) is 7.62. The number of amides is 2. The summed E-state index contributed by atoms with van der Waals surface area (Å²) in [6, 6.07) is 17.5. The molecule has 0 saturated carbocycles. The molecule has 1 aliphatic rings. The van der Waals surface area contributed by atoms with Crippen molar-refractivity contribution >= 4 is 46.8 Å². The Morgan fingerprint density at radius 1 is 0.943 bits per heavy atom. The lowest BCUT2D eigenvalue weighted by Crippen LogP contribution is -2.35. The predicted molar refractivity (Wildman–Crippen MR) is 135 cm³/mol. The van der Waals surface area contributed by atoms with Crippen LogP contribution >= 0.6 is 23.2 Å². The normalized spacial score (nSPS) is 14.3. The third-order valence-electron chi connectivity index (χ3n) is 5.20. The zero-order valence-corrected chi connectivity index (χ0v) is 20.5. The Hall–Kier alpha value is -3.68. The molecule has 3 aromatic rings. The van der Waals surface area contributed by atoms with E-state index in [-0.39, 0.29) is 23.8 Å². The van der Waals surface area contributed by atoms with Crippen LogP contribution < -0.4 is 24.6 Å². The quantitative estimate of drug-likeness (QED) is 0.254. The second-order valence-corrected chi connectivity index (χ2v) is 8.43. The summed E-state index contributed by atoms with van der Waals surface area (Å²) in [5.74, 6) is 0.396. The van der Waals surface area contributed by atoms with Crippen LogP contribution in [0.25, 0.3) is 6.08 Å². The summed E-state index contributed by atoms with van der Waals surface area (Å²) < 4.78 is 16.9. The van der Waals surface area contributed by atoms with Gasteiger partial charge in [-0.1, -0.05) is 41.4 Å². The van der Waals surface area contributed by atoms with Crippen molar-refractivity contribution in [2.75, 3.05) is 25.3 Å². The van der Waals surface area contributed by atoms with Crippen molar-refractivity contribution in [1.82, 2.24) is 5.43 Å². The summed E-state index contributed by atoms with van der Waals surface area (Å²) in [4.78, 5) is 25.3. The highest BCUT2D eigenvalue weighted by Crippen LogP contribution is 2.37. The van der Waals surface area contributed by atoms with Gasteiger partial charge in [0.25, 0.3) is 11.8 Å². The number of para-hydroxylation sites is 1. The highest BCUT2D eigenvalue weighted by Gasteiger charge is 2.34. The van der Waals surface area contributed by atoms with Crippen LogP contribution in [-0.2, 0) is 9.59 Å². The van der Waals surface area contributed by atoms with E-state index in [1.54, 1.807) is 48.5 Å². The average Bonchev–Trinajstić information content (AvgIpc) is 3.13. The molecule has 2 amide bonds. The number of hydrogen-bond acceptors (Lipinski definition) is 5. The van der Waals surface area contributed by atoms with E-state index in [0.717, 1.165) is 5.56 Å². The summed E-state index contributed by atoms with van der Waals surface area (Å²) in [6.45, 7) is 2.39. The first-order valence-electron chi connectivity index (χ1n) is 10.7. The van der Waals surface area contributed by atoms with Gasteiger partial charge in [0, 0.05) is 5.02 Å². The molecule has 1 aliphatic heterocycles. The molecule has 0 aromatic heterocycles. The first-order chi connectivity index (χ1) is 16.9. The van der Waals surface area contributed by atoms with Gasteiger partial charge in [0.15, 0.2) is 11.5 Å². The third kappa shape index (κ3) is 5.53. The summed E-state index contributed by atoms with van der Waals surface area (Å²) in [5, 5.41) is 2.14. The summed E-state index contributed by atoms with van der Waals surface area (Å²) in [7, 11) is 1.48. The van der Waals surface area contributed by atoms with Gasteiger partial charge in [0.2, 0.25) is 0 Å². The van der Waals surface area contributed by atoms with Gasteiger partial charge in [0.1, 0.15) is 24.5 Å². The van der Waals surface area contributed by atoms with Gasteiger partial charge in [0.05, 0.1) is 17.8 Å². The van der Waals surface area contributed by atoms with Crippen molar-refractivity contribution in [3.05, 3.63) is 87.4 Å². The van der Waals surface area contributed by atoms with Gasteiger partial charge < -0.3 is 14.2 Å². The van der Waals surface area contributed by atoms with E-state index in [1.807, 2.05) is 19.1 Å². The van der Waals surface area contributed by atoms with Crippen LogP contribution in [0, 0.1) is 6.92 Å². The SMILES string of the molecule is COc1cc(C=C2C(=O)NN(c3ccccc3)C2=O)cc(Cl)c1OCCOc1ccc(Cl)c(C)c1. The topological polar surface area (TPSA) is 77.1 Å². The first-order valence-corrected chi connectivity index (χ1v) is 11.4. The molecule has 0 atom stereocenters. The molecule has 0 unspecified atom stereocenters. The van der Waals surface area contributed by atoms with Crippen LogP contribution in [0.5, 0.6) is 17.2 Å². The number of halogens is 2. The van der Waals surface area contributed by atoms with Gasteiger partial charge in [-0.05, 0) is 66.6 Å². The largest absolute Gasteiger partial charge is 0.493 e. The number of aryl methyl sites for hydroxylation is 1. The van der Waals surface area contributed by atoms with Crippen molar-refractivity contribution in [3.63, 3.8) is 0 Å². The number of anilines is 1. The minimum Gasteiger partial charge on any atom is -0.493 e. The lowest BCUT2D eigenvalue weighted by Gasteiger charge is -2.14. The number of nitrogens with one attached hydrogen (secondary N) is 1. The van der Waals surface area contributed by atoms with Crippen LogP contribution in [-0.4, -0.2) is 32.1 Å². The summed E-state index contributed by atoms with van der Waals surface area (Å²) >= 11 is 12.5. The Bertz CT molecular complexity index is 1290. The molecule has 0 radical (unpaired) electrons. The molecule has 35 heavy (non-hydrogen) atoms. The molecule has 4 rings (SSSR count). The van der Waals surface area contributed by atoms with E-state index < -0.39 is 11.8 Å². The van der Waals surface area contributed by atoms with Gasteiger partial charge >= 0.3 is 0 Å². The number of carbonyl (C=O) groups excluding carboxylic acids is 2. The zero-order chi connectivity index (χ0) is 24.9. The Kier molecular flexibility index (Phi) is 7.48. The van der Waals surface area contributed by atoms with E-state index in [0.29, 0.717) is 33.5 Å². The Morgan fingerprint density at radius 3 is 2.40 bits per heavy atom. The second kappa shape index (κ2) is 10.7. The molecular weight excluding hydrogens is 491 g/mol. The van der Waals surface area contributed by atoms with Crippen LogP contribution in [0.1, 0.15) is 11.1 Å². The molecule has 180 valence electrons. The lowest BCUT2D eigenvalue weighted by atomic mass is 10.1. The van der Waals surface area contributed by atoms with Crippen molar-refractivity contribution < 1.29 is 23.8 Å². The maximum Gasteiger partial charge on any atom is 0.282 e. The Morgan fingerprint density at radius 2 is 1.69 bits per heavy atom. The van der Waals surface area contributed by atoms with E-state index in [2.05, 4.69) is 5.43 Å². The predicted octanol–water partition coefficient (Wildman–Crippen LogP) is 5.23. The van der Waals surface area contributed by atoms with E-state index in [4.69, 9.17) is 37.4 Å². The average molecular weight is 513 g/mol. The molecule has 1 saturated heterocycles. The molecular formula is C26H22Cl2N2O5. The number of nitrogens with zero attached hydrogens (tertiary/aromatic N) is 1. The van der Waals surface area contributed by atoms with Crippen molar-refractivity contribution in [2.24, 2.45) is 0 Å². The fraction of sp³-hybridized carbons (Fsp3) is 0.154. The molecule has 0 aliphatic carbocycles. The lowest BCUT2D eigenvalue weighted by molar-refractivity contribution is -0.117. The van der Waals surface area contributed by atoms with Crippen molar-refractivity contribution in [2.45, 2.75) is 6.92 Å². The summed E-state index contributed by atoms with van der Waals surface area (Å²) in [6.07, 6.45) is 1.46. The van der Waals surface area contributed by atoms with Gasteiger partial charge in [-0.25, -0.2) is 5.01 Å². The van der Waals surface area contributed by atoms with Gasteiger partial charge in [-0.2, -0.15) is 0 Å². The van der Waals surface area contributed by atoms with Gasteiger partial charge in [-0.15, -0.1) is 0 Å². The zero-order valence-electron chi connectivity index (χ0n) is 19.0. The number of carbonyl (C=O) groups is 2. The van der Waals surface area contributed by atoms with Crippen LogP contribution in [0.15, 0.2) is 66.2 Å². The maximum atomic E-state index is 12.8. The number of ether oxygens (including phenoxy) is 3. The molecule has 7 nitrogen and oxygen atoms in total. The van der Waals surface area contributed by atoms with E-state index >= 15 is 0 Å². The minimum absolute atomic E-state index is 0.0210. The Balaban J connectivity index is 1.46. The number of hydrazine groups is 1. The molecule has 1 N–H and O–H groups in total. The number of hydrogen-bond donors (Lipinski definition) is 1. The van der Waals surface area contributed by atoms with Crippen molar-refractivity contribution in [3.8, 4) is 17.2 Å². The minimum atomic E-state index is -0.510. The Labute approximate surface area is 212 Å². The fourth-order valence-electron chi connectivity index (χ4n) is 3.46. The standard InChI is InChI=1S/C26H22Cl2N2O5/c1-16-12-19(8-9-21(16)27)34-10-11-35-24-22(28)14-17(15-23(24)33-2)13-20-25(31)29-30(26(20)32)18-6-4-3-5-7-18/h3-9,12-15H,10-11H2,1-2H3,(H,29,31). The van der Waals surface area contributed by atoms with Crippen molar-refractivity contribution in [1.29, 1.82) is 0 Å². The number of methoxy groups -OCH3 is 1. The highest BCUT2D eigenvalue weighted by molar-refractivity contribution is 6.33. The molecule has 0 bridgehead atoms. The fourth-order valence-corrected chi connectivity index (χ4v) is 3.85. The number of rotatable bonds is 8. The van der Waals surface area contributed by atoms with Crippen LogP contribution in [0.4, 0.5) is 5.69 Å². The molecule has 1 fully saturated rings. The first kappa shape index (κ1) is 24.4. The van der Waals surface area contributed by atoms with Crippen LogP contribution in [0.3, 0.4) is 0 Å².